The molecule has 0 aromatic heterocycles. The van der Waals surface area contributed by atoms with Crippen LogP contribution in [-0.4, -0.2) is 43.3 Å². The Hall–Kier alpha value is -0.420. The maximum atomic E-state index is 11.6. The number of ether oxygens (including phenoxy) is 1. The molecule has 1 rings (SSSR count). The summed E-state index contributed by atoms with van der Waals surface area (Å²) in [6.45, 7) is 3.33. The van der Waals surface area contributed by atoms with E-state index < -0.39 is 0 Å². The van der Waals surface area contributed by atoms with Crippen molar-refractivity contribution in [3.8, 4) is 0 Å². The van der Waals surface area contributed by atoms with Gasteiger partial charge in [-0.15, -0.1) is 0 Å². The Morgan fingerprint density at radius 2 is 2.29 bits per heavy atom. The molecule has 0 radical (unpaired) electrons. The van der Waals surface area contributed by atoms with Gasteiger partial charge < -0.3 is 15.4 Å². The number of methoxy groups -OCH3 is 1. The van der Waals surface area contributed by atoms with Crippen molar-refractivity contribution in [1.82, 2.24) is 10.6 Å². The zero-order chi connectivity index (χ0) is 12.5. The first-order valence-electron chi connectivity index (χ1n) is 6.41. The van der Waals surface area contributed by atoms with E-state index in [1.165, 1.54) is 12.8 Å². The summed E-state index contributed by atoms with van der Waals surface area (Å²) in [6, 6.07) is 0.282. The highest BCUT2D eigenvalue weighted by molar-refractivity contribution is 7.99. The van der Waals surface area contributed by atoms with Crippen molar-refractivity contribution in [1.29, 1.82) is 0 Å². The van der Waals surface area contributed by atoms with Crippen molar-refractivity contribution in [2.45, 2.75) is 43.9 Å². The molecule has 100 valence electrons. The SMILES string of the molecule is CCS[C@@H]1CCC[C@@H](NC(=O)NCCOC)C1. The molecule has 0 unspecified atom stereocenters. The third-order valence-corrected chi connectivity index (χ3v) is 4.19. The van der Waals surface area contributed by atoms with Crippen molar-refractivity contribution in [2.75, 3.05) is 26.0 Å². The van der Waals surface area contributed by atoms with E-state index in [0.717, 1.165) is 23.8 Å². The first kappa shape index (κ1) is 14.6. The molecule has 0 bridgehead atoms. The number of hydrogen-bond donors (Lipinski definition) is 2. The van der Waals surface area contributed by atoms with Gasteiger partial charge >= 0.3 is 6.03 Å². The predicted molar refractivity (Wildman–Crippen MR) is 72.6 cm³/mol. The monoisotopic (exact) mass is 260 g/mol. The Balaban J connectivity index is 2.18. The molecule has 0 saturated heterocycles. The summed E-state index contributed by atoms with van der Waals surface area (Å²) in [6.07, 6.45) is 4.73. The Morgan fingerprint density at radius 3 is 3.00 bits per heavy atom. The molecule has 0 aromatic carbocycles. The van der Waals surface area contributed by atoms with Crippen LogP contribution in [0.3, 0.4) is 0 Å². The molecule has 0 aliphatic heterocycles. The van der Waals surface area contributed by atoms with E-state index in [9.17, 15) is 4.79 Å². The van der Waals surface area contributed by atoms with Gasteiger partial charge in [-0.2, -0.15) is 11.8 Å². The molecular formula is C12H24N2O2S. The number of amides is 2. The highest BCUT2D eigenvalue weighted by Crippen LogP contribution is 2.28. The van der Waals surface area contributed by atoms with Crippen LogP contribution >= 0.6 is 11.8 Å². The van der Waals surface area contributed by atoms with E-state index in [1.54, 1.807) is 7.11 Å². The average molecular weight is 260 g/mol. The molecule has 0 aromatic rings. The lowest BCUT2D eigenvalue weighted by Gasteiger charge is -2.29. The van der Waals surface area contributed by atoms with Gasteiger partial charge in [0.1, 0.15) is 0 Å². The fraction of sp³-hybridized carbons (Fsp3) is 0.917. The summed E-state index contributed by atoms with van der Waals surface area (Å²) < 4.78 is 4.89. The smallest absolute Gasteiger partial charge is 0.315 e. The molecule has 1 aliphatic rings. The van der Waals surface area contributed by atoms with Crippen LogP contribution in [-0.2, 0) is 4.74 Å². The van der Waals surface area contributed by atoms with Crippen molar-refractivity contribution in [3.05, 3.63) is 0 Å². The Bertz CT molecular complexity index is 225. The Morgan fingerprint density at radius 1 is 1.47 bits per heavy atom. The fourth-order valence-corrected chi connectivity index (χ4v) is 3.34. The highest BCUT2D eigenvalue weighted by Gasteiger charge is 2.22. The van der Waals surface area contributed by atoms with Gasteiger partial charge in [0.2, 0.25) is 0 Å². The van der Waals surface area contributed by atoms with Crippen LogP contribution in [0.15, 0.2) is 0 Å². The second kappa shape index (κ2) is 8.64. The molecular weight excluding hydrogens is 236 g/mol. The first-order chi connectivity index (χ1) is 8.26. The minimum atomic E-state index is -0.0609. The van der Waals surface area contributed by atoms with Crippen LogP contribution in [0.4, 0.5) is 4.79 Å². The quantitative estimate of drug-likeness (QED) is 0.718. The summed E-state index contributed by atoms with van der Waals surface area (Å²) in [5, 5.41) is 6.56. The minimum Gasteiger partial charge on any atom is -0.383 e. The molecule has 4 nitrogen and oxygen atoms in total. The second-order valence-corrected chi connectivity index (χ2v) is 5.91. The normalized spacial score (nSPS) is 24.4. The summed E-state index contributed by atoms with van der Waals surface area (Å²) in [7, 11) is 1.63. The molecule has 2 atom stereocenters. The molecule has 1 aliphatic carbocycles. The largest absolute Gasteiger partial charge is 0.383 e. The van der Waals surface area contributed by atoms with E-state index in [2.05, 4.69) is 17.6 Å². The number of rotatable bonds is 6. The predicted octanol–water partition coefficient (Wildman–Crippen LogP) is 2.00. The average Bonchev–Trinajstić information content (AvgIpc) is 2.30. The molecule has 5 heteroatoms. The Labute approximate surface area is 108 Å². The lowest BCUT2D eigenvalue weighted by Crippen LogP contribution is -2.45. The van der Waals surface area contributed by atoms with Gasteiger partial charge in [-0.1, -0.05) is 13.3 Å². The molecule has 2 amide bonds. The minimum absolute atomic E-state index is 0.0609. The van der Waals surface area contributed by atoms with E-state index >= 15 is 0 Å². The molecule has 1 saturated carbocycles. The summed E-state index contributed by atoms with van der Waals surface area (Å²) in [5.41, 5.74) is 0. The molecule has 0 heterocycles. The molecule has 2 N–H and O–H groups in total. The summed E-state index contributed by atoms with van der Waals surface area (Å²) in [5.74, 6) is 1.16. The summed E-state index contributed by atoms with van der Waals surface area (Å²) in [4.78, 5) is 11.6. The van der Waals surface area contributed by atoms with Crippen molar-refractivity contribution in [2.24, 2.45) is 0 Å². The lowest BCUT2D eigenvalue weighted by molar-refractivity contribution is 0.194. The van der Waals surface area contributed by atoms with E-state index in [1.807, 2.05) is 11.8 Å². The van der Waals surface area contributed by atoms with E-state index in [4.69, 9.17) is 4.74 Å². The lowest BCUT2D eigenvalue weighted by atomic mass is 9.95. The van der Waals surface area contributed by atoms with Crippen LogP contribution in [0.1, 0.15) is 32.6 Å². The summed E-state index contributed by atoms with van der Waals surface area (Å²) >= 11 is 2.01. The van der Waals surface area contributed by atoms with E-state index in [-0.39, 0.29) is 6.03 Å². The van der Waals surface area contributed by atoms with Gasteiger partial charge in [-0.3, -0.25) is 0 Å². The topological polar surface area (TPSA) is 50.4 Å². The molecule has 0 spiro atoms. The van der Waals surface area contributed by atoms with Crippen molar-refractivity contribution >= 4 is 17.8 Å². The molecule has 17 heavy (non-hydrogen) atoms. The fourth-order valence-electron chi connectivity index (χ4n) is 2.17. The zero-order valence-electron chi connectivity index (χ0n) is 10.8. The van der Waals surface area contributed by atoms with Crippen LogP contribution in [0.5, 0.6) is 0 Å². The van der Waals surface area contributed by atoms with Crippen molar-refractivity contribution < 1.29 is 9.53 Å². The highest BCUT2D eigenvalue weighted by atomic mass is 32.2. The number of carbonyl (C=O) groups is 1. The third-order valence-electron chi connectivity index (χ3n) is 2.96. The number of hydrogen-bond acceptors (Lipinski definition) is 3. The van der Waals surface area contributed by atoms with Gasteiger partial charge in [0.05, 0.1) is 6.61 Å². The van der Waals surface area contributed by atoms with Crippen LogP contribution in [0.2, 0.25) is 0 Å². The van der Waals surface area contributed by atoms with Crippen LogP contribution in [0.25, 0.3) is 0 Å². The Kier molecular flexibility index (Phi) is 7.44. The second-order valence-electron chi connectivity index (χ2n) is 4.33. The zero-order valence-corrected chi connectivity index (χ0v) is 11.6. The number of thioether (sulfide) groups is 1. The third kappa shape index (κ3) is 6.17. The number of carbonyl (C=O) groups excluding carboxylic acids is 1. The standard InChI is InChI=1S/C12H24N2O2S/c1-3-17-11-6-4-5-10(9-11)14-12(15)13-7-8-16-2/h10-11H,3-9H2,1-2H3,(H2,13,14,15)/t10-,11-/m1/s1. The van der Waals surface area contributed by atoms with Crippen molar-refractivity contribution in [3.63, 3.8) is 0 Å². The molecule has 1 fully saturated rings. The number of urea groups is 1. The van der Waals surface area contributed by atoms with Gasteiger partial charge in [0, 0.05) is 24.9 Å². The van der Waals surface area contributed by atoms with Gasteiger partial charge in [-0.25, -0.2) is 4.79 Å². The first-order valence-corrected chi connectivity index (χ1v) is 7.46. The maximum absolute atomic E-state index is 11.6. The van der Waals surface area contributed by atoms with E-state index in [0.29, 0.717) is 19.2 Å². The van der Waals surface area contributed by atoms with Crippen LogP contribution in [0, 0.1) is 0 Å². The van der Waals surface area contributed by atoms with Gasteiger partial charge in [-0.05, 0) is 25.0 Å². The van der Waals surface area contributed by atoms with Gasteiger partial charge in [0.25, 0.3) is 0 Å². The maximum Gasteiger partial charge on any atom is 0.315 e. The van der Waals surface area contributed by atoms with Gasteiger partial charge in [0.15, 0.2) is 0 Å². The number of nitrogens with one attached hydrogen (secondary N) is 2. The van der Waals surface area contributed by atoms with Crippen LogP contribution < -0.4 is 10.6 Å².